The quantitative estimate of drug-likeness (QED) is 0.0320. The Morgan fingerprint density at radius 2 is 0.595 bits per heavy atom. The Bertz CT molecular complexity index is 1280. The highest BCUT2D eigenvalue weighted by Crippen LogP contribution is 2.18. The molecule has 0 spiro atoms. The van der Waals surface area contributed by atoms with Crippen molar-refractivity contribution >= 4 is 11.9 Å². The molecule has 0 aliphatic carbocycles. The number of hydrogen-bond donors (Lipinski definition) is 3. The van der Waals surface area contributed by atoms with Crippen molar-refractivity contribution in [1.29, 1.82) is 0 Å². The zero-order chi connectivity index (χ0) is 57.1. The highest BCUT2D eigenvalue weighted by Gasteiger charge is 2.18. The molecule has 0 saturated heterocycles. The van der Waals surface area contributed by atoms with E-state index in [4.69, 9.17) is 4.74 Å². The van der Waals surface area contributed by atoms with Gasteiger partial charge in [-0.3, -0.25) is 9.59 Å². The van der Waals surface area contributed by atoms with Gasteiger partial charge in [-0.1, -0.05) is 333 Å². The van der Waals surface area contributed by atoms with Crippen molar-refractivity contribution in [2.24, 2.45) is 0 Å². The van der Waals surface area contributed by atoms with Crippen molar-refractivity contribution in [1.82, 2.24) is 5.32 Å². The molecule has 0 aromatic heterocycles. The first kappa shape index (κ1) is 77.1. The molecule has 0 aromatic carbocycles. The summed E-state index contributed by atoms with van der Waals surface area (Å²) >= 11 is 0. The average Bonchev–Trinajstić information content (AvgIpc) is 3.45. The largest absolute Gasteiger partial charge is 0.466 e. The lowest BCUT2D eigenvalue weighted by Crippen LogP contribution is -2.45. The number of allylic oxidation sites excluding steroid dienone is 5. The van der Waals surface area contributed by atoms with Crippen LogP contribution in [-0.2, 0) is 14.3 Å². The van der Waals surface area contributed by atoms with Gasteiger partial charge in [0, 0.05) is 12.8 Å². The molecule has 0 heterocycles. The molecule has 0 aliphatic rings. The Kier molecular flexibility index (Phi) is 66.9. The van der Waals surface area contributed by atoms with Crippen LogP contribution in [0.15, 0.2) is 36.5 Å². The number of unbranched alkanes of at least 4 members (excludes halogenated alkanes) is 52. The Hall–Kier alpha value is -1.92. The fraction of sp³-hybridized carbons (Fsp3) is 0.890. The number of carbonyl (C=O) groups is 2. The van der Waals surface area contributed by atoms with Gasteiger partial charge in [-0.2, -0.15) is 0 Å². The van der Waals surface area contributed by atoms with Crippen LogP contribution in [0, 0.1) is 0 Å². The summed E-state index contributed by atoms with van der Waals surface area (Å²) in [6, 6.07) is -0.632. The van der Waals surface area contributed by atoms with Crippen LogP contribution in [0.4, 0.5) is 0 Å². The predicted molar refractivity (Wildman–Crippen MR) is 347 cm³/mol. The van der Waals surface area contributed by atoms with E-state index in [0.29, 0.717) is 19.4 Å². The fourth-order valence-electron chi connectivity index (χ4n) is 11.2. The Labute approximate surface area is 494 Å². The maximum Gasteiger partial charge on any atom is 0.305 e. The predicted octanol–water partition coefficient (Wildman–Crippen LogP) is 23.1. The number of carbonyl (C=O) groups excluding carboxylic acids is 2. The van der Waals surface area contributed by atoms with Crippen LogP contribution in [0.5, 0.6) is 0 Å². The summed E-state index contributed by atoms with van der Waals surface area (Å²) in [5.41, 5.74) is 0. The number of rotatable bonds is 67. The van der Waals surface area contributed by atoms with E-state index in [1.165, 1.54) is 321 Å². The summed E-state index contributed by atoms with van der Waals surface area (Å²) in [5.74, 6) is -0.0629. The van der Waals surface area contributed by atoms with E-state index in [9.17, 15) is 19.8 Å². The molecule has 1 amide bonds. The monoisotopic (exact) mass is 1110 g/mol. The smallest absolute Gasteiger partial charge is 0.305 e. The maximum absolute atomic E-state index is 12.5. The number of esters is 1. The van der Waals surface area contributed by atoms with Gasteiger partial charge in [0.2, 0.25) is 5.91 Å². The van der Waals surface area contributed by atoms with Crippen LogP contribution < -0.4 is 5.32 Å². The Morgan fingerprint density at radius 1 is 0.342 bits per heavy atom. The molecule has 0 aliphatic heterocycles. The minimum atomic E-state index is -0.848. The molecule has 2 unspecified atom stereocenters. The van der Waals surface area contributed by atoms with Crippen molar-refractivity contribution in [3.8, 4) is 0 Å². The van der Waals surface area contributed by atoms with Crippen LogP contribution in [-0.4, -0.2) is 47.4 Å². The lowest BCUT2D eigenvalue weighted by atomic mass is 10.0. The second-order valence-electron chi connectivity index (χ2n) is 24.6. The van der Waals surface area contributed by atoms with Gasteiger partial charge in [-0.05, 0) is 83.5 Å². The van der Waals surface area contributed by atoms with Gasteiger partial charge in [0.15, 0.2) is 0 Å². The molecule has 0 radical (unpaired) electrons. The summed E-state index contributed by atoms with van der Waals surface area (Å²) in [7, 11) is 0. The molecule has 0 fully saturated rings. The number of aliphatic hydroxyl groups is 2. The molecule has 79 heavy (non-hydrogen) atoms. The number of amides is 1. The van der Waals surface area contributed by atoms with Gasteiger partial charge in [-0.25, -0.2) is 0 Å². The van der Waals surface area contributed by atoms with Crippen LogP contribution in [0.2, 0.25) is 0 Å². The molecule has 0 bridgehead atoms. The van der Waals surface area contributed by atoms with E-state index < -0.39 is 12.1 Å². The van der Waals surface area contributed by atoms with Gasteiger partial charge < -0.3 is 20.3 Å². The zero-order valence-corrected chi connectivity index (χ0v) is 53.4. The minimum absolute atomic E-state index is 0.00422. The second kappa shape index (κ2) is 68.6. The van der Waals surface area contributed by atoms with Gasteiger partial charge in [-0.15, -0.1) is 0 Å². The van der Waals surface area contributed by atoms with Crippen LogP contribution in [0.1, 0.15) is 393 Å². The summed E-state index contributed by atoms with van der Waals surface area (Å²) in [6.45, 7) is 4.92. The molecule has 3 N–H and O–H groups in total. The molecular formula is C73H139NO5. The molecular weight excluding hydrogens is 971 g/mol. The number of ether oxygens (including phenoxy) is 1. The van der Waals surface area contributed by atoms with E-state index in [1.54, 1.807) is 6.08 Å². The molecule has 0 saturated carbocycles. The van der Waals surface area contributed by atoms with Crippen molar-refractivity contribution < 1.29 is 24.5 Å². The molecule has 6 nitrogen and oxygen atoms in total. The van der Waals surface area contributed by atoms with Gasteiger partial charge in [0.1, 0.15) is 0 Å². The maximum atomic E-state index is 12.5. The van der Waals surface area contributed by atoms with Gasteiger partial charge >= 0.3 is 5.97 Å². The first-order valence-electron chi connectivity index (χ1n) is 35.8. The molecule has 6 heteroatoms. The Morgan fingerprint density at radius 3 is 0.911 bits per heavy atom. The molecule has 2 atom stereocenters. The summed E-state index contributed by atoms with van der Waals surface area (Å²) in [5, 5.41) is 23.3. The van der Waals surface area contributed by atoms with Gasteiger partial charge in [0.25, 0.3) is 0 Å². The van der Waals surface area contributed by atoms with E-state index >= 15 is 0 Å². The van der Waals surface area contributed by atoms with Crippen LogP contribution in [0.25, 0.3) is 0 Å². The Balaban J connectivity index is 3.43. The lowest BCUT2D eigenvalue weighted by molar-refractivity contribution is -0.143. The summed E-state index contributed by atoms with van der Waals surface area (Å²) in [6.07, 6.45) is 87.9. The van der Waals surface area contributed by atoms with E-state index in [2.05, 4.69) is 43.5 Å². The molecule has 466 valence electrons. The van der Waals surface area contributed by atoms with Gasteiger partial charge in [0.05, 0.1) is 25.4 Å². The molecule has 0 aromatic rings. The third kappa shape index (κ3) is 65.1. The summed E-state index contributed by atoms with van der Waals surface area (Å²) < 4.78 is 5.48. The number of aliphatic hydroxyl groups excluding tert-OH is 2. The molecule has 0 rings (SSSR count). The average molecular weight is 1110 g/mol. The van der Waals surface area contributed by atoms with Crippen molar-refractivity contribution in [2.75, 3.05) is 13.2 Å². The first-order valence-corrected chi connectivity index (χ1v) is 35.8. The third-order valence-electron chi connectivity index (χ3n) is 16.6. The van der Waals surface area contributed by atoms with Crippen molar-refractivity contribution in [3.63, 3.8) is 0 Å². The first-order chi connectivity index (χ1) is 39.0. The van der Waals surface area contributed by atoms with Crippen molar-refractivity contribution in [3.05, 3.63) is 36.5 Å². The lowest BCUT2D eigenvalue weighted by Gasteiger charge is -2.20. The number of nitrogens with one attached hydrogen (secondary N) is 1. The topological polar surface area (TPSA) is 95.9 Å². The van der Waals surface area contributed by atoms with Crippen molar-refractivity contribution in [2.45, 2.75) is 405 Å². The summed E-state index contributed by atoms with van der Waals surface area (Å²) in [4.78, 5) is 24.6. The highest BCUT2D eigenvalue weighted by molar-refractivity contribution is 5.76. The van der Waals surface area contributed by atoms with Crippen LogP contribution in [0.3, 0.4) is 0 Å². The fourth-order valence-corrected chi connectivity index (χ4v) is 11.2. The number of hydrogen-bond acceptors (Lipinski definition) is 5. The third-order valence-corrected chi connectivity index (χ3v) is 16.6. The van der Waals surface area contributed by atoms with E-state index in [-0.39, 0.29) is 18.5 Å². The zero-order valence-electron chi connectivity index (χ0n) is 53.4. The van der Waals surface area contributed by atoms with E-state index in [0.717, 1.165) is 44.9 Å². The SMILES string of the molecule is CCCCCC/C=C\CCCCCCCC(=O)OCCCCCCCCCCCCCC/C=C\CCCCCCCCCCCC(=O)NC(CO)C(O)/C=C/CCCCCCCCCCCCCCCCCCCCCCCC. The normalized spacial score (nSPS) is 12.7. The standard InChI is InChI=1S/C73H139NO5/c1-3-5-7-9-11-13-15-17-18-19-20-21-22-26-29-32-35-38-42-45-49-53-57-61-65-71(76)70(69-75)74-72(77)66-62-58-54-50-46-43-39-36-33-30-27-24-23-25-28-31-34-37-40-44-48-52-56-60-64-68-79-73(78)67-63-59-55-51-47-41-16-14-12-10-8-6-4-2/h14,16,24,27,61,65,70-71,75-76H,3-13,15,17-23,25-26,28-60,62-64,66-69H2,1-2H3,(H,74,77)/b16-14-,27-24-,65-61+. The van der Waals surface area contributed by atoms with E-state index in [1.807, 2.05) is 6.08 Å². The minimum Gasteiger partial charge on any atom is -0.466 e. The van der Waals surface area contributed by atoms with Crippen LogP contribution >= 0.6 is 0 Å². The highest BCUT2D eigenvalue weighted by atomic mass is 16.5. The second-order valence-corrected chi connectivity index (χ2v) is 24.6.